The second-order valence-corrected chi connectivity index (χ2v) is 6.91. The molecule has 0 aromatic carbocycles. The van der Waals surface area contributed by atoms with Crippen LogP contribution in [0.5, 0.6) is 0 Å². The van der Waals surface area contributed by atoms with Gasteiger partial charge in [-0.2, -0.15) is 0 Å². The van der Waals surface area contributed by atoms with E-state index in [4.69, 9.17) is 9.47 Å². The topological polar surface area (TPSA) is 88.1 Å². The zero-order valence-corrected chi connectivity index (χ0v) is 13.6. The predicted octanol–water partition coefficient (Wildman–Crippen LogP) is 2.36. The van der Waals surface area contributed by atoms with Gasteiger partial charge in [0.15, 0.2) is 0 Å². The molecule has 0 saturated carbocycles. The second kappa shape index (κ2) is 7.67. The normalized spacial score (nSPS) is 11.9. The number of carbonyl (C=O) groups is 2. The van der Waals surface area contributed by atoms with Gasteiger partial charge in [-0.1, -0.05) is 0 Å². The molecule has 0 rings (SSSR count). The van der Waals surface area contributed by atoms with E-state index in [2.05, 4.69) is 9.05 Å². The third-order valence-corrected chi connectivity index (χ3v) is 2.10. The molecule has 0 radical (unpaired) electrons. The highest BCUT2D eigenvalue weighted by Crippen LogP contribution is 2.24. The highest BCUT2D eigenvalue weighted by Gasteiger charge is 2.28. The Balaban J connectivity index is 3.91. The lowest BCUT2D eigenvalue weighted by atomic mass is 10.2. The van der Waals surface area contributed by atoms with Crippen molar-refractivity contribution in [2.24, 2.45) is 0 Å². The molecule has 0 bridgehead atoms. The van der Waals surface area contributed by atoms with Gasteiger partial charge >= 0.3 is 20.2 Å². The van der Waals surface area contributed by atoms with Gasteiger partial charge in [0.25, 0.3) is 0 Å². The van der Waals surface area contributed by atoms with E-state index in [0.29, 0.717) is 0 Å². The molecule has 8 heteroatoms. The van der Waals surface area contributed by atoms with Crippen LogP contribution in [-0.2, 0) is 32.7 Å². The first-order valence-electron chi connectivity index (χ1n) is 6.06. The van der Waals surface area contributed by atoms with Crippen LogP contribution in [0, 0.1) is 0 Å². The first-order chi connectivity index (χ1) is 8.89. The van der Waals surface area contributed by atoms with Crippen molar-refractivity contribution in [1.29, 1.82) is 0 Å². The van der Waals surface area contributed by atoms with Gasteiger partial charge in [-0.15, -0.1) is 9.05 Å². The molecule has 0 N–H and O–H groups in total. The Bertz CT molecular complexity index is 331. The lowest BCUT2D eigenvalue weighted by molar-refractivity contribution is -0.157. The molecule has 0 aliphatic carbocycles. The van der Waals surface area contributed by atoms with E-state index in [0.717, 1.165) is 0 Å². The van der Waals surface area contributed by atoms with Crippen LogP contribution in [0.25, 0.3) is 0 Å². The monoisotopic (exact) mass is 309 g/mol. The Kier molecular flexibility index (Phi) is 7.27. The minimum Gasteiger partial charge on any atom is -0.458 e. The van der Waals surface area contributed by atoms with E-state index >= 15 is 0 Å². The molecule has 0 atom stereocenters. The van der Waals surface area contributed by atoms with Crippen LogP contribution in [0.4, 0.5) is 0 Å². The van der Waals surface area contributed by atoms with E-state index in [1.165, 1.54) is 0 Å². The molecule has 7 nitrogen and oxygen atoms in total. The van der Waals surface area contributed by atoms with Gasteiger partial charge in [-0.05, 0) is 41.5 Å². The lowest BCUT2D eigenvalue weighted by Crippen LogP contribution is -2.26. The average Bonchev–Trinajstić information content (AvgIpc) is 2.18. The fraction of sp³-hybridized carbons (Fsp3) is 0.833. The van der Waals surface area contributed by atoms with E-state index < -0.39 is 44.6 Å². The summed E-state index contributed by atoms with van der Waals surface area (Å²) in [6.45, 7) is 9.16. The maximum atomic E-state index is 11.3. The third kappa shape index (κ3) is 12.0. The van der Waals surface area contributed by atoms with Crippen molar-refractivity contribution < 1.29 is 32.7 Å². The van der Waals surface area contributed by atoms with E-state index in [1.54, 1.807) is 41.5 Å². The van der Waals surface area contributed by atoms with Crippen molar-refractivity contribution >= 4 is 20.2 Å². The number of hydrogen-bond acceptors (Lipinski definition) is 7. The average molecular weight is 309 g/mol. The van der Waals surface area contributed by atoms with Gasteiger partial charge in [0.05, 0.1) is 0 Å². The molecule has 20 heavy (non-hydrogen) atoms. The molecule has 0 unspecified atom stereocenters. The molecular formula is C12H22O7P+. The molecule has 0 amide bonds. The molecule has 0 heterocycles. The quantitative estimate of drug-likeness (QED) is 0.549. The van der Waals surface area contributed by atoms with Crippen molar-refractivity contribution in [3.63, 3.8) is 0 Å². The fourth-order valence-corrected chi connectivity index (χ4v) is 1.49. The summed E-state index contributed by atoms with van der Waals surface area (Å²) < 4.78 is 30.4. The van der Waals surface area contributed by atoms with Gasteiger partial charge < -0.3 is 9.47 Å². The van der Waals surface area contributed by atoms with Gasteiger partial charge in [0.2, 0.25) is 13.2 Å². The minimum absolute atomic E-state index is 0.513. The highest BCUT2D eigenvalue weighted by molar-refractivity contribution is 7.33. The Labute approximate surface area is 119 Å². The zero-order chi connectivity index (χ0) is 16.0. The summed E-state index contributed by atoms with van der Waals surface area (Å²) in [6, 6.07) is 0. The molecule has 116 valence electrons. The molecule has 0 fully saturated rings. The molecule has 0 saturated heterocycles. The Morgan fingerprint density at radius 3 is 1.35 bits per heavy atom. The SMILES string of the molecule is CC(C)(C)OC(=O)CO[P+](=O)OCC(=O)OC(C)(C)C. The third-order valence-electron chi connectivity index (χ3n) is 1.42. The maximum absolute atomic E-state index is 11.3. The second-order valence-electron chi connectivity index (χ2n) is 5.94. The number of hydrogen-bond donors (Lipinski definition) is 0. The molecule has 0 aromatic rings. The van der Waals surface area contributed by atoms with Crippen LogP contribution >= 0.6 is 8.25 Å². The zero-order valence-electron chi connectivity index (χ0n) is 12.7. The van der Waals surface area contributed by atoms with Gasteiger partial charge in [0.1, 0.15) is 11.2 Å². The van der Waals surface area contributed by atoms with Crippen molar-refractivity contribution in [2.45, 2.75) is 52.7 Å². The first-order valence-corrected chi connectivity index (χ1v) is 7.15. The summed E-state index contributed by atoms with van der Waals surface area (Å²) in [7, 11) is -2.58. The summed E-state index contributed by atoms with van der Waals surface area (Å²) in [5.41, 5.74) is -1.30. The van der Waals surface area contributed by atoms with E-state index in [9.17, 15) is 14.2 Å². The number of esters is 2. The smallest absolute Gasteiger partial charge is 0.458 e. The minimum atomic E-state index is -2.58. The van der Waals surface area contributed by atoms with Crippen LogP contribution in [0.3, 0.4) is 0 Å². The van der Waals surface area contributed by atoms with Crippen molar-refractivity contribution in [2.75, 3.05) is 13.2 Å². The van der Waals surface area contributed by atoms with Crippen molar-refractivity contribution in [3.8, 4) is 0 Å². The van der Waals surface area contributed by atoms with Crippen LogP contribution in [0.1, 0.15) is 41.5 Å². The number of ether oxygens (including phenoxy) is 2. The Morgan fingerprint density at radius 2 is 1.10 bits per heavy atom. The van der Waals surface area contributed by atoms with Crippen molar-refractivity contribution in [3.05, 3.63) is 0 Å². The predicted molar refractivity (Wildman–Crippen MR) is 71.2 cm³/mol. The van der Waals surface area contributed by atoms with Crippen molar-refractivity contribution in [1.82, 2.24) is 0 Å². The van der Waals surface area contributed by atoms with Crippen LogP contribution < -0.4 is 0 Å². The molecule has 0 aromatic heterocycles. The van der Waals surface area contributed by atoms with Gasteiger partial charge in [-0.3, -0.25) is 0 Å². The maximum Gasteiger partial charge on any atom is 0.698 e. The van der Waals surface area contributed by atoms with Gasteiger partial charge in [0, 0.05) is 4.57 Å². The summed E-state index contributed by atoms with van der Waals surface area (Å²) in [5.74, 6) is -1.33. The molecule has 0 spiro atoms. The summed E-state index contributed by atoms with van der Waals surface area (Å²) in [6.07, 6.45) is 0. The molecule has 0 aliphatic heterocycles. The summed E-state index contributed by atoms with van der Waals surface area (Å²) in [4.78, 5) is 22.5. The summed E-state index contributed by atoms with van der Waals surface area (Å²) >= 11 is 0. The van der Waals surface area contributed by atoms with E-state index in [1.807, 2.05) is 0 Å². The highest BCUT2D eigenvalue weighted by atomic mass is 31.1. The number of carbonyl (C=O) groups excluding carboxylic acids is 2. The molecule has 0 aliphatic rings. The Morgan fingerprint density at radius 1 is 0.800 bits per heavy atom. The lowest BCUT2D eigenvalue weighted by Gasteiger charge is -2.18. The van der Waals surface area contributed by atoms with E-state index in [-0.39, 0.29) is 0 Å². The van der Waals surface area contributed by atoms with Crippen LogP contribution in [0.2, 0.25) is 0 Å². The number of rotatable bonds is 6. The van der Waals surface area contributed by atoms with Crippen LogP contribution in [-0.4, -0.2) is 36.4 Å². The fourth-order valence-electron chi connectivity index (χ4n) is 0.990. The van der Waals surface area contributed by atoms with Crippen LogP contribution in [0.15, 0.2) is 0 Å². The standard InChI is InChI=1S/C12H22O7P/c1-11(2,3)18-9(13)7-16-20(15)17-8-10(14)19-12(4,5)6/h7-8H2,1-6H3/q+1. The van der Waals surface area contributed by atoms with Gasteiger partial charge in [-0.25, -0.2) is 9.59 Å². The Hall–Kier alpha value is -1.04. The summed E-state index contributed by atoms with van der Waals surface area (Å²) in [5, 5.41) is 0. The molecular weight excluding hydrogens is 287 g/mol. The first kappa shape index (κ1) is 19.0. The largest absolute Gasteiger partial charge is 0.698 e.